The minimum absolute atomic E-state index is 0.222. The summed E-state index contributed by atoms with van der Waals surface area (Å²) in [4.78, 5) is 11.6. The van der Waals surface area contributed by atoms with E-state index in [1.54, 1.807) is 6.08 Å². The fourth-order valence-corrected chi connectivity index (χ4v) is 3.39. The van der Waals surface area contributed by atoms with Crippen LogP contribution in [0, 0.1) is 0 Å². The van der Waals surface area contributed by atoms with Gasteiger partial charge < -0.3 is 25.0 Å². The summed E-state index contributed by atoms with van der Waals surface area (Å²) >= 11 is 0. The Bertz CT molecular complexity index is 871. The minimum atomic E-state index is 0.222. The zero-order valence-corrected chi connectivity index (χ0v) is 18.5. The Labute approximate surface area is 185 Å². The van der Waals surface area contributed by atoms with Crippen molar-refractivity contribution in [1.82, 2.24) is 15.6 Å². The van der Waals surface area contributed by atoms with Gasteiger partial charge in [0.15, 0.2) is 5.96 Å². The van der Waals surface area contributed by atoms with Crippen molar-refractivity contribution in [3.05, 3.63) is 66.4 Å². The predicted octanol–water partition coefficient (Wildman–Crippen LogP) is 3.13. The largest absolute Gasteiger partial charge is 0.489 e. The van der Waals surface area contributed by atoms with Crippen LogP contribution in [0.5, 0.6) is 5.75 Å². The molecule has 1 fully saturated rings. The van der Waals surface area contributed by atoms with Gasteiger partial charge in [0.1, 0.15) is 18.2 Å². The number of ether oxygens (including phenoxy) is 2. The molecule has 0 saturated carbocycles. The van der Waals surface area contributed by atoms with Gasteiger partial charge in [-0.05, 0) is 37.6 Å². The molecule has 166 valence electrons. The molecule has 1 aliphatic heterocycles. The number of aromatic nitrogens is 1. The molecule has 31 heavy (non-hydrogen) atoms. The summed E-state index contributed by atoms with van der Waals surface area (Å²) in [5, 5.41) is 6.71. The summed E-state index contributed by atoms with van der Waals surface area (Å²) in [6, 6.07) is 12.1. The smallest absolute Gasteiger partial charge is 0.191 e. The van der Waals surface area contributed by atoms with Gasteiger partial charge in [-0.1, -0.05) is 30.9 Å². The van der Waals surface area contributed by atoms with Gasteiger partial charge in [-0.25, -0.2) is 9.98 Å². The van der Waals surface area contributed by atoms with Gasteiger partial charge in [-0.15, -0.1) is 0 Å². The summed E-state index contributed by atoms with van der Waals surface area (Å²) < 4.78 is 11.4. The van der Waals surface area contributed by atoms with Crippen molar-refractivity contribution in [2.45, 2.75) is 33.0 Å². The lowest BCUT2D eigenvalue weighted by molar-refractivity contribution is 0.0529. The van der Waals surface area contributed by atoms with Crippen molar-refractivity contribution in [3.8, 4) is 5.75 Å². The standard InChI is InChI=1S/C24H33N5O2/c1-4-13-31-22-9-7-6-8-21(22)17-28-24(25-5-2)27-16-20-10-11-26-23(15-20)29-12-14-30-19(3)18-29/h4,6-11,15,19H,1,5,12-14,16-18H2,2-3H3,(H2,25,27,28). The van der Waals surface area contributed by atoms with E-state index in [1.165, 1.54) is 0 Å². The molecule has 2 aromatic rings. The lowest BCUT2D eigenvalue weighted by Gasteiger charge is -2.32. The molecule has 0 radical (unpaired) electrons. The molecule has 0 aliphatic carbocycles. The number of nitrogens with zero attached hydrogens (tertiary/aromatic N) is 3. The molecule has 0 spiro atoms. The SMILES string of the molecule is C=CCOc1ccccc1CNC(=NCc1ccnc(N2CCOC(C)C2)c1)NCC. The Morgan fingerprint density at radius 3 is 3.03 bits per heavy atom. The number of hydrogen-bond acceptors (Lipinski definition) is 5. The first kappa shape index (κ1) is 22.6. The third-order valence-electron chi connectivity index (χ3n) is 4.91. The van der Waals surface area contributed by atoms with Gasteiger partial charge in [-0.3, -0.25) is 0 Å². The van der Waals surface area contributed by atoms with E-state index < -0.39 is 0 Å². The van der Waals surface area contributed by atoms with Gasteiger partial charge in [0, 0.05) is 37.9 Å². The van der Waals surface area contributed by atoms with Crippen LogP contribution in [-0.4, -0.2) is 49.9 Å². The van der Waals surface area contributed by atoms with Crippen molar-refractivity contribution in [1.29, 1.82) is 0 Å². The second-order valence-corrected chi connectivity index (χ2v) is 7.41. The van der Waals surface area contributed by atoms with Crippen molar-refractivity contribution in [2.75, 3.05) is 37.7 Å². The normalized spacial score (nSPS) is 16.6. The second kappa shape index (κ2) is 12.0. The summed E-state index contributed by atoms with van der Waals surface area (Å²) in [5.74, 6) is 2.60. The highest BCUT2D eigenvalue weighted by Gasteiger charge is 2.18. The number of anilines is 1. The lowest BCUT2D eigenvalue weighted by atomic mass is 10.2. The quantitative estimate of drug-likeness (QED) is 0.367. The monoisotopic (exact) mass is 423 g/mol. The van der Waals surface area contributed by atoms with Crippen LogP contribution in [0.4, 0.5) is 5.82 Å². The first-order valence-electron chi connectivity index (χ1n) is 10.8. The van der Waals surface area contributed by atoms with E-state index in [0.29, 0.717) is 19.7 Å². The van der Waals surface area contributed by atoms with E-state index >= 15 is 0 Å². The molecule has 1 atom stereocenters. The average Bonchev–Trinajstić information content (AvgIpc) is 2.80. The third-order valence-corrected chi connectivity index (χ3v) is 4.91. The maximum atomic E-state index is 5.75. The van der Waals surface area contributed by atoms with E-state index in [1.807, 2.05) is 36.5 Å². The summed E-state index contributed by atoms with van der Waals surface area (Å²) in [7, 11) is 0. The second-order valence-electron chi connectivity index (χ2n) is 7.41. The molecular weight excluding hydrogens is 390 g/mol. The highest BCUT2D eigenvalue weighted by molar-refractivity contribution is 5.79. The number of benzene rings is 1. The molecule has 2 N–H and O–H groups in total. The Balaban J connectivity index is 1.64. The molecule has 7 heteroatoms. The Hall–Kier alpha value is -3.06. The number of hydrogen-bond donors (Lipinski definition) is 2. The van der Waals surface area contributed by atoms with Crippen LogP contribution in [0.25, 0.3) is 0 Å². The molecule has 0 amide bonds. The van der Waals surface area contributed by atoms with Crippen LogP contribution in [0.1, 0.15) is 25.0 Å². The number of para-hydroxylation sites is 1. The van der Waals surface area contributed by atoms with E-state index in [9.17, 15) is 0 Å². The molecule has 1 unspecified atom stereocenters. The van der Waals surface area contributed by atoms with Crippen LogP contribution >= 0.6 is 0 Å². The van der Waals surface area contributed by atoms with Crippen LogP contribution in [0.3, 0.4) is 0 Å². The van der Waals surface area contributed by atoms with E-state index in [-0.39, 0.29) is 6.10 Å². The molecule has 1 aromatic heterocycles. The molecule has 2 heterocycles. The zero-order chi connectivity index (χ0) is 21.9. The van der Waals surface area contributed by atoms with E-state index in [4.69, 9.17) is 14.5 Å². The molecule has 3 rings (SSSR count). The van der Waals surface area contributed by atoms with Gasteiger partial charge in [-0.2, -0.15) is 0 Å². The van der Waals surface area contributed by atoms with Gasteiger partial charge in [0.25, 0.3) is 0 Å². The molecule has 7 nitrogen and oxygen atoms in total. The average molecular weight is 424 g/mol. The van der Waals surface area contributed by atoms with Gasteiger partial charge in [0.2, 0.25) is 0 Å². The van der Waals surface area contributed by atoms with Gasteiger partial charge in [0.05, 0.1) is 19.3 Å². The summed E-state index contributed by atoms with van der Waals surface area (Å²) in [6.45, 7) is 12.8. The third kappa shape index (κ3) is 7.00. The first-order valence-corrected chi connectivity index (χ1v) is 10.8. The van der Waals surface area contributed by atoms with Gasteiger partial charge >= 0.3 is 0 Å². The van der Waals surface area contributed by atoms with Crippen molar-refractivity contribution < 1.29 is 9.47 Å². The van der Waals surface area contributed by atoms with Crippen LogP contribution in [0.15, 0.2) is 60.2 Å². The molecule has 1 aliphatic rings. The summed E-state index contributed by atoms with van der Waals surface area (Å²) in [5.41, 5.74) is 2.19. The lowest BCUT2D eigenvalue weighted by Crippen LogP contribution is -2.41. The maximum absolute atomic E-state index is 5.75. The number of nitrogens with one attached hydrogen (secondary N) is 2. The van der Waals surface area contributed by atoms with Crippen molar-refractivity contribution in [2.24, 2.45) is 4.99 Å². The highest BCUT2D eigenvalue weighted by Crippen LogP contribution is 2.18. The molecular formula is C24H33N5O2. The first-order chi connectivity index (χ1) is 15.2. The molecule has 1 aromatic carbocycles. The Morgan fingerprint density at radius 2 is 2.23 bits per heavy atom. The number of morpholine rings is 1. The molecule has 0 bridgehead atoms. The topological polar surface area (TPSA) is 71.0 Å². The van der Waals surface area contributed by atoms with Crippen LogP contribution in [-0.2, 0) is 17.8 Å². The van der Waals surface area contributed by atoms with Crippen molar-refractivity contribution >= 4 is 11.8 Å². The van der Waals surface area contributed by atoms with Crippen LogP contribution in [0.2, 0.25) is 0 Å². The van der Waals surface area contributed by atoms with Crippen molar-refractivity contribution in [3.63, 3.8) is 0 Å². The van der Waals surface area contributed by atoms with Crippen LogP contribution < -0.4 is 20.3 Å². The maximum Gasteiger partial charge on any atom is 0.191 e. The number of rotatable bonds is 9. The fourth-order valence-electron chi connectivity index (χ4n) is 3.39. The fraction of sp³-hybridized carbons (Fsp3) is 0.417. The van der Waals surface area contributed by atoms with E-state index in [0.717, 1.165) is 54.9 Å². The predicted molar refractivity (Wildman–Crippen MR) is 126 cm³/mol. The highest BCUT2D eigenvalue weighted by atomic mass is 16.5. The molecule has 1 saturated heterocycles. The minimum Gasteiger partial charge on any atom is -0.489 e. The van der Waals surface area contributed by atoms with E-state index in [2.05, 4.69) is 47.0 Å². The summed E-state index contributed by atoms with van der Waals surface area (Å²) in [6.07, 6.45) is 3.82. The Morgan fingerprint density at radius 1 is 1.35 bits per heavy atom. The zero-order valence-electron chi connectivity index (χ0n) is 18.5. The number of aliphatic imine (C=N–C) groups is 1. The number of guanidine groups is 1. The number of pyridine rings is 1. The Kier molecular flexibility index (Phi) is 8.72.